The SMILES string of the molecule is COCCn1c(-c2ccc(C)c(Cl)c2)n[nH]c1=S. The van der Waals surface area contributed by atoms with Crippen molar-refractivity contribution in [1.29, 1.82) is 0 Å². The van der Waals surface area contributed by atoms with E-state index in [1.807, 2.05) is 29.7 Å². The number of methoxy groups -OCH3 is 1. The van der Waals surface area contributed by atoms with Gasteiger partial charge >= 0.3 is 0 Å². The summed E-state index contributed by atoms with van der Waals surface area (Å²) >= 11 is 11.3. The summed E-state index contributed by atoms with van der Waals surface area (Å²) in [6.07, 6.45) is 0. The molecule has 2 rings (SSSR count). The van der Waals surface area contributed by atoms with Crippen molar-refractivity contribution >= 4 is 23.8 Å². The maximum absolute atomic E-state index is 6.13. The summed E-state index contributed by atoms with van der Waals surface area (Å²) in [5.74, 6) is 0.777. The van der Waals surface area contributed by atoms with Crippen LogP contribution in [0.15, 0.2) is 18.2 Å². The van der Waals surface area contributed by atoms with E-state index < -0.39 is 0 Å². The topological polar surface area (TPSA) is 42.8 Å². The van der Waals surface area contributed by atoms with Crippen LogP contribution in [0.2, 0.25) is 5.02 Å². The Hall–Kier alpha value is -1.17. The molecule has 1 N–H and O–H groups in total. The number of hydrogen-bond donors (Lipinski definition) is 1. The Morgan fingerprint density at radius 1 is 1.50 bits per heavy atom. The molecule has 4 nitrogen and oxygen atoms in total. The van der Waals surface area contributed by atoms with Gasteiger partial charge in [-0.1, -0.05) is 23.7 Å². The Bertz CT molecular complexity index is 606. The molecule has 0 aliphatic rings. The van der Waals surface area contributed by atoms with Crippen LogP contribution >= 0.6 is 23.8 Å². The van der Waals surface area contributed by atoms with Crippen LogP contribution in [-0.2, 0) is 11.3 Å². The van der Waals surface area contributed by atoms with Crippen molar-refractivity contribution in [2.24, 2.45) is 0 Å². The Balaban J connectivity index is 2.43. The first-order valence-corrected chi connectivity index (χ1v) is 6.32. The minimum atomic E-state index is 0.582. The molecule has 0 aliphatic carbocycles. The second-order valence-electron chi connectivity index (χ2n) is 3.96. The Morgan fingerprint density at radius 3 is 2.94 bits per heavy atom. The van der Waals surface area contributed by atoms with E-state index in [9.17, 15) is 0 Å². The number of aromatic amines is 1. The molecule has 0 atom stereocenters. The van der Waals surface area contributed by atoms with E-state index >= 15 is 0 Å². The molecule has 0 saturated carbocycles. The highest BCUT2D eigenvalue weighted by molar-refractivity contribution is 7.71. The molecule has 0 radical (unpaired) electrons. The molecule has 0 amide bonds. The molecule has 1 aromatic heterocycles. The molecular formula is C12H14ClN3OS. The number of nitrogens with one attached hydrogen (secondary N) is 1. The average molecular weight is 284 g/mol. The molecule has 2 aromatic rings. The highest BCUT2D eigenvalue weighted by atomic mass is 35.5. The van der Waals surface area contributed by atoms with Gasteiger partial charge in [0.2, 0.25) is 0 Å². The van der Waals surface area contributed by atoms with Crippen molar-refractivity contribution < 1.29 is 4.74 Å². The van der Waals surface area contributed by atoms with Gasteiger partial charge in [-0.2, -0.15) is 5.10 Å². The molecule has 1 heterocycles. The fourth-order valence-electron chi connectivity index (χ4n) is 1.66. The summed E-state index contributed by atoms with van der Waals surface area (Å²) in [6.45, 7) is 3.21. The molecule has 1 aromatic carbocycles. The van der Waals surface area contributed by atoms with Crippen molar-refractivity contribution in [3.8, 4) is 11.4 Å². The molecule has 96 valence electrons. The molecule has 0 unspecified atom stereocenters. The van der Waals surface area contributed by atoms with Gasteiger partial charge in [-0.05, 0) is 30.8 Å². The van der Waals surface area contributed by atoms with E-state index in [1.165, 1.54) is 0 Å². The van der Waals surface area contributed by atoms with Crippen LogP contribution in [0.1, 0.15) is 5.56 Å². The minimum Gasteiger partial charge on any atom is -0.383 e. The van der Waals surface area contributed by atoms with Crippen LogP contribution in [0.5, 0.6) is 0 Å². The first-order valence-electron chi connectivity index (χ1n) is 5.54. The van der Waals surface area contributed by atoms with Crippen molar-refractivity contribution in [3.63, 3.8) is 0 Å². The monoisotopic (exact) mass is 283 g/mol. The third-order valence-corrected chi connectivity index (χ3v) is 3.43. The van der Waals surface area contributed by atoms with Crippen molar-refractivity contribution in [3.05, 3.63) is 33.6 Å². The summed E-state index contributed by atoms with van der Waals surface area (Å²) in [5, 5.41) is 7.76. The van der Waals surface area contributed by atoms with Crippen molar-refractivity contribution in [2.75, 3.05) is 13.7 Å². The van der Waals surface area contributed by atoms with Gasteiger partial charge in [0.15, 0.2) is 10.6 Å². The van der Waals surface area contributed by atoms with E-state index in [0.717, 1.165) is 22.0 Å². The van der Waals surface area contributed by atoms with Crippen LogP contribution in [0.25, 0.3) is 11.4 Å². The number of rotatable bonds is 4. The fourth-order valence-corrected chi connectivity index (χ4v) is 2.06. The largest absolute Gasteiger partial charge is 0.383 e. The molecular weight excluding hydrogens is 270 g/mol. The van der Waals surface area contributed by atoms with Gasteiger partial charge in [0.05, 0.1) is 13.2 Å². The van der Waals surface area contributed by atoms with Crippen LogP contribution < -0.4 is 0 Å². The lowest BCUT2D eigenvalue weighted by Gasteiger charge is -2.07. The first kappa shape index (κ1) is 13.3. The molecule has 0 bridgehead atoms. The predicted octanol–water partition coefficient (Wildman–Crippen LogP) is 3.22. The van der Waals surface area contributed by atoms with E-state index in [-0.39, 0.29) is 0 Å². The fraction of sp³-hybridized carbons (Fsp3) is 0.333. The summed E-state index contributed by atoms with van der Waals surface area (Å²) in [7, 11) is 1.66. The van der Waals surface area contributed by atoms with Crippen LogP contribution in [0.4, 0.5) is 0 Å². The van der Waals surface area contributed by atoms with Gasteiger partial charge in [-0.3, -0.25) is 9.67 Å². The van der Waals surface area contributed by atoms with Crippen LogP contribution in [-0.4, -0.2) is 28.5 Å². The van der Waals surface area contributed by atoms with Gasteiger partial charge in [-0.25, -0.2) is 0 Å². The highest BCUT2D eigenvalue weighted by Gasteiger charge is 2.09. The number of H-pyrrole nitrogens is 1. The summed E-state index contributed by atoms with van der Waals surface area (Å²) < 4.78 is 7.55. The third-order valence-electron chi connectivity index (χ3n) is 2.71. The van der Waals surface area contributed by atoms with Gasteiger partial charge in [0.1, 0.15) is 0 Å². The standard InChI is InChI=1S/C12H14ClN3OS/c1-8-3-4-9(7-10(8)13)11-14-15-12(18)16(11)5-6-17-2/h3-4,7H,5-6H2,1-2H3,(H,15,18). The zero-order chi connectivity index (χ0) is 13.1. The van der Waals surface area contributed by atoms with Gasteiger partial charge < -0.3 is 4.74 Å². The van der Waals surface area contributed by atoms with Crippen LogP contribution in [0.3, 0.4) is 0 Å². The molecule has 6 heteroatoms. The molecule has 0 saturated heterocycles. The second-order valence-corrected chi connectivity index (χ2v) is 4.75. The van der Waals surface area contributed by atoms with Crippen LogP contribution in [0, 0.1) is 11.7 Å². The highest BCUT2D eigenvalue weighted by Crippen LogP contribution is 2.24. The number of halogens is 1. The van der Waals surface area contributed by atoms with E-state index in [2.05, 4.69) is 10.2 Å². The van der Waals surface area contributed by atoms with Gasteiger partial charge in [-0.15, -0.1) is 0 Å². The second kappa shape index (κ2) is 5.65. The Labute approximate surface area is 116 Å². The number of aryl methyl sites for hydroxylation is 1. The molecule has 18 heavy (non-hydrogen) atoms. The minimum absolute atomic E-state index is 0.582. The number of hydrogen-bond acceptors (Lipinski definition) is 3. The van der Waals surface area contributed by atoms with E-state index in [1.54, 1.807) is 7.11 Å². The Kier molecular flexibility index (Phi) is 4.16. The molecule has 0 spiro atoms. The normalized spacial score (nSPS) is 10.8. The lowest BCUT2D eigenvalue weighted by Crippen LogP contribution is -2.06. The summed E-state index contributed by atoms with van der Waals surface area (Å²) in [5.41, 5.74) is 1.98. The number of ether oxygens (including phenoxy) is 1. The van der Waals surface area contributed by atoms with Crippen molar-refractivity contribution in [1.82, 2.24) is 14.8 Å². The number of nitrogens with zero attached hydrogens (tertiary/aromatic N) is 2. The lowest BCUT2D eigenvalue weighted by atomic mass is 10.1. The maximum atomic E-state index is 6.13. The predicted molar refractivity (Wildman–Crippen MR) is 74.5 cm³/mol. The first-order chi connectivity index (χ1) is 8.63. The zero-order valence-electron chi connectivity index (χ0n) is 10.2. The maximum Gasteiger partial charge on any atom is 0.195 e. The summed E-state index contributed by atoms with van der Waals surface area (Å²) in [4.78, 5) is 0. The summed E-state index contributed by atoms with van der Waals surface area (Å²) in [6, 6.07) is 5.84. The third kappa shape index (κ3) is 2.63. The Morgan fingerprint density at radius 2 is 2.28 bits per heavy atom. The average Bonchev–Trinajstić information content (AvgIpc) is 2.72. The lowest BCUT2D eigenvalue weighted by molar-refractivity contribution is 0.187. The van der Waals surface area contributed by atoms with E-state index in [4.69, 9.17) is 28.6 Å². The van der Waals surface area contributed by atoms with Gasteiger partial charge in [0, 0.05) is 17.7 Å². The number of aromatic nitrogens is 3. The molecule has 0 aliphatic heterocycles. The molecule has 0 fully saturated rings. The number of benzene rings is 1. The zero-order valence-corrected chi connectivity index (χ0v) is 11.8. The van der Waals surface area contributed by atoms with Crippen molar-refractivity contribution in [2.45, 2.75) is 13.5 Å². The van der Waals surface area contributed by atoms with Gasteiger partial charge in [0.25, 0.3) is 0 Å². The quantitative estimate of drug-likeness (QED) is 0.876. The smallest absolute Gasteiger partial charge is 0.195 e. The van der Waals surface area contributed by atoms with E-state index in [0.29, 0.717) is 17.9 Å².